The summed E-state index contributed by atoms with van der Waals surface area (Å²) in [5, 5.41) is 2.85. The van der Waals surface area contributed by atoms with Crippen molar-refractivity contribution in [2.24, 2.45) is 0 Å². The molecule has 0 bridgehead atoms. The Morgan fingerprint density at radius 2 is 1.95 bits per heavy atom. The smallest absolute Gasteiger partial charge is 0.254 e. The second-order valence-electron chi connectivity index (χ2n) is 5.07. The molecule has 2 aromatic carbocycles. The second-order valence-corrected chi connectivity index (χ2v) is 5.07. The summed E-state index contributed by atoms with van der Waals surface area (Å²) in [6.07, 6.45) is 0.889. The molecule has 102 valence electrons. The predicted molar refractivity (Wildman–Crippen MR) is 75.9 cm³/mol. The summed E-state index contributed by atoms with van der Waals surface area (Å²) in [7, 11) is 0. The van der Waals surface area contributed by atoms with E-state index >= 15 is 0 Å². The highest BCUT2D eigenvalue weighted by molar-refractivity contribution is 5.95. The number of carbonyl (C=O) groups is 1. The molecule has 3 nitrogen and oxygen atoms in total. The number of nitrogens with two attached hydrogens (primary N) is 1. The first-order valence-corrected chi connectivity index (χ1v) is 6.56. The van der Waals surface area contributed by atoms with Gasteiger partial charge in [-0.05, 0) is 30.2 Å². The molecule has 1 saturated carbocycles. The zero-order valence-electron chi connectivity index (χ0n) is 10.8. The van der Waals surface area contributed by atoms with Crippen LogP contribution >= 0.6 is 0 Å². The van der Waals surface area contributed by atoms with Crippen LogP contribution in [0.3, 0.4) is 0 Å². The molecule has 3 N–H and O–H groups in total. The topological polar surface area (TPSA) is 55.1 Å². The van der Waals surface area contributed by atoms with Gasteiger partial charge in [-0.3, -0.25) is 4.79 Å². The number of hydrogen-bond donors (Lipinski definition) is 2. The van der Waals surface area contributed by atoms with Crippen molar-refractivity contribution >= 4 is 11.6 Å². The minimum atomic E-state index is -0.548. The highest BCUT2D eigenvalue weighted by Gasteiger charge is 2.39. The van der Waals surface area contributed by atoms with Crippen LogP contribution in [0.5, 0.6) is 0 Å². The first kappa shape index (κ1) is 12.7. The largest absolute Gasteiger partial charge is 0.399 e. The molecule has 20 heavy (non-hydrogen) atoms. The van der Waals surface area contributed by atoms with Gasteiger partial charge in [-0.25, -0.2) is 4.39 Å². The Morgan fingerprint density at radius 1 is 1.20 bits per heavy atom. The van der Waals surface area contributed by atoms with E-state index in [0.717, 1.165) is 6.42 Å². The van der Waals surface area contributed by atoms with Gasteiger partial charge in [-0.1, -0.05) is 30.3 Å². The summed E-state index contributed by atoms with van der Waals surface area (Å²) in [5.41, 5.74) is 7.17. The maximum atomic E-state index is 13.6. The number of amides is 1. The highest BCUT2D eigenvalue weighted by Crippen LogP contribution is 2.40. The fourth-order valence-electron chi connectivity index (χ4n) is 2.39. The maximum Gasteiger partial charge on any atom is 0.254 e. The number of nitrogens with one attached hydrogen (secondary N) is 1. The molecule has 3 rings (SSSR count). The van der Waals surface area contributed by atoms with Crippen LogP contribution in [0.15, 0.2) is 48.5 Å². The number of rotatable bonds is 3. The van der Waals surface area contributed by atoms with Crippen molar-refractivity contribution in [2.45, 2.75) is 18.4 Å². The lowest BCUT2D eigenvalue weighted by Gasteiger charge is -2.06. The third kappa shape index (κ3) is 2.50. The Balaban J connectivity index is 1.68. The highest BCUT2D eigenvalue weighted by atomic mass is 19.1. The zero-order chi connectivity index (χ0) is 14.1. The molecule has 0 aliphatic heterocycles. The fourth-order valence-corrected chi connectivity index (χ4v) is 2.39. The van der Waals surface area contributed by atoms with E-state index in [-0.39, 0.29) is 11.6 Å². The lowest BCUT2D eigenvalue weighted by molar-refractivity contribution is 0.0946. The van der Waals surface area contributed by atoms with Crippen molar-refractivity contribution in [3.05, 3.63) is 65.5 Å². The average molecular weight is 270 g/mol. The number of benzene rings is 2. The van der Waals surface area contributed by atoms with Crippen LogP contribution in [0.4, 0.5) is 10.1 Å². The minimum Gasteiger partial charge on any atom is -0.399 e. The number of anilines is 1. The average Bonchev–Trinajstić information content (AvgIpc) is 3.21. The number of carbonyl (C=O) groups excluding carboxylic acids is 1. The molecule has 0 radical (unpaired) electrons. The van der Waals surface area contributed by atoms with Gasteiger partial charge in [-0.15, -0.1) is 0 Å². The lowest BCUT2D eigenvalue weighted by atomic mass is 10.1. The fraction of sp³-hybridized carbons (Fsp3) is 0.188. The van der Waals surface area contributed by atoms with Crippen molar-refractivity contribution in [3.63, 3.8) is 0 Å². The van der Waals surface area contributed by atoms with Gasteiger partial charge >= 0.3 is 0 Å². The Kier molecular flexibility index (Phi) is 3.14. The van der Waals surface area contributed by atoms with Gasteiger partial charge in [0, 0.05) is 17.6 Å². The van der Waals surface area contributed by atoms with Gasteiger partial charge in [-0.2, -0.15) is 0 Å². The van der Waals surface area contributed by atoms with Gasteiger partial charge in [0.25, 0.3) is 5.91 Å². The van der Waals surface area contributed by atoms with Crippen LogP contribution < -0.4 is 11.1 Å². The minimum absolute atomic E-state index is 0.00344. The summed E-state index contributed by atoms with van der Waals surface area (Å²) >= 11 is 0. The normalized spacial score (nSPS) is 20.4. The molecule has 1 amide bonds. The van der Waals surface area contributed by atoms with E-state index in [2.05, 4.69) is 5.32 Å². The van der Waals surface area contributed by atoms with Crippen molar-refractivity contribution < 1.29 is 9.18 Å². The molecule has 4 heteroatoms. The van der Waals surface area contributed by atoms with Gasteiger partial charge in [0.05, 0.1) is 5.56 Å². The SMILES string of the molecule is Nc1ccc(F)c(C(=O)NC2CC2c2ccccc2)c1. The van der Waals surface area contributed by atoms with E-state index in [9.17, 15) is 9.18 Å². The quantitative estimate of drug-likeness (QED) is 0.842. The molecule has 2 aromatic rings. The molecule has 0 spiro atoms. The summed E-state index contributed by atoms with van der Waals surface area (Å²) in [5.74, 6) is -0.629. The molecule has 0 saturated heterocycles. The Bertz CT molecular complexity index is 642. The summed E-state index contributed by atoms with van der Waals surface area (Å²) in [4.78, 5) is 12.0. The molecule has 0 aromatic heterocycles. The summed E-state index contributed by atoms with van der Waals surface area (Å²) in [6.45, 7) is 0. The lowest BCUT2D eigenvalue weighted by Crippen LogP contribution is -2.27. The van der Waals surface area contributed by atoms with Gasteiger partial charge in [0.1, 0.15) is 5.82 Å². The van der Waals surface area contributed by atoms with Gasteiger partial charge < -0.3 is 11.1 Å². The van der Waals surface area contributed by atoms with E-state index in [4.69, 9.17) is 5.73 Å². The number of hydrogen-bond acceptors (Lipinski definition) is 2. The maximum absolute atomic E-state index is 13.6. The molecule has 2 unspecified atom stereocenters. The molecular formula is C16H15FN2O. The Hall–Kier alpha value is -2.36. The molecule has 1 aliphatic carbocycles. The first-order chi connectivity index (χ1) is 9.65. The number of halogens is 1. The first-order valence-electron chi connectivity index (χ1n) is 6.56. The van der Waals surface area contributed by atoms with Gasteiger partial charge in [0.2, 0.25) is 0 Å². The van der Waals surface area contributed by atoms with Crippen LogP contribution in [-0.4, -0.2) is 11.9 Å². The van der Waals surface area contributed by atoms with Crippen LogP contribution in [-0.2, 0) is 0 Å². The van der Waals surface area contributed by atoms with Gasteiger partial charge in [0.15, 0.2) is 0 Å². The van der Waals surface area contributed by atoms with E-state index in [1.165, 1.54) is 23.8 Å². The Labute approximate surface area is 116 Å². The van der Waals surface area contributed by atoms with Crippen LogP contribution in [0.25, 0.3) is 0 Å². The standard InChI is InChI=1S/C16H15FN2O/c17-14-7-6-11(18)8-13(14)16(20)19-15-9-12(15)10-4-2-1-3-5-10/h1-8,12,15H,9,18H2,(H,19,20). The van der Waals surface area contributed by atoms with Crippen LogP contribution in [0.1, 0.15) is 28.3 Å². The van der Waals surface area contributed by atoms with E-state index < -0.39 is 11.7 Å². The molecular weight excluding hydrogens is 255 g/mol. The molecule has 1 fully saturated rings. The van der Waals surface area contributed by atoms with Crippen molar-refractivity contribution in [2.75, 3.05) is 5.73 Å². The van der Waals surface area contributed by atoms with E-state index in [1.54, 1.807) is 0 Å². The Morgan fingerprint density at radius 3 is 2.70 bits per heavy atom. The van der Waals surface area contributed by atoms with Crippen molar-refractivity contribution in [1.82, 2.24) is 5.32 Å². The monoisotopic (exact) mass is 270 g/mol. The summed E-state index contributed by atoms with van der Waals surface area (Å²) in [6, 6.07) is 14.1. The van der Waals surface area contributed by atoms with Crippen LogP contribution in [0.2, 0.25) is 0 Å². The molecule has 0 heterocycles. The molecule has 2 atom stereocenters. The summed E-state index contributed by atoms with van der Waals surface area (Å²) < 4.78 is 13.6. The second kappa shape index (κ2) is 4.96. The number of nitrogen functional groups attached to an aromatic ring is 1. The third-order valence-corrected chi connectivity index (χ3v) is 3.57. The third-order valence-electron chi connectivity index (χ3n) is 3.57. The molecule has 1 aliphatic rings. The van der Waals surface area contributed by atoms with Crippen molar-refractivity contribution in [3.8, 4) is 0 Å². The van der Waals surface area contributed by atoms with E-state index in [0.29, 0.717) is 11.6 Å². The van der Waals surface area contributed by atoms with Crippen molar-refractivity contribution in [1.29, 1.82) is 0 Å². The zero-order valence-corrected chi connectivity index (χ0v) is 10.8. The predicted octanol–water partition coefficient (Wildman–Crippen LogP) is 2.69. The van der Waals surface area contributed by atoms with E-state index in [1.807, 2.05) is 30.3 Å². The van der Waals surface area contributed by atoms with Crippen LogP contribution in [0, 0.1) is 5.82 Å².